The maximum absolute atomic E-state index is 13.0. The lowest BCUT2D eigenvalue weighted by Gasteiger charge is -2.23. The molecule has 0 unspecified atom stereocenters. The summed E-state index contributed by atoms with van der Waals surface area (Å²) in [5, 5.41) is 10.4. The van der Waals surface area contributed by atoms with Crippen molar-refractivity contribution >= 4 is 29.3 Å². The monoisotopic (exact) mass is 610 g/mol. The predicted molar refractivity (Wildman–Crippen MR) is 156 cm³/mol. The number of carboxylic acid groups (broad SMARTS) is 1. The van der Waals surface area contributed by atoms with Gasteiger partial charge in [-0.25, -0.2) is 9.78 Å². The van der Waals surface area contributed by atoms with Gasteiger partial charge >= 0.3 is 12.1 Å². The van der Waals surface area contributed by atoms with Gasteiger partial charge in [-0.2, -0.15) is 18.2 Å². The molecule has 0 saturated carbocycles. The van der Waals surface area contributed by atoms with Crippen LogP contribution in [0.4, 0.5) is 30.6 Å². The van der Waals surface area contributed by atoms with Crippen LogP contribution in [0, 0.1) is 0 Å². The smallest absolute Gasteiger partial charge is 0.475 e. The molecule has 0 spiro atoms. The Morgan fingerprint density at radius 1 is 1.05 bits per heavy atom. The highest BCUT2D eigenvalue weighted by Crippen LogP contribution is 2.27. The Labute approximate surface area is 250 Å². The average molecular weight is 611 g/mol. The Morgan fingerprint density at radius 3 is 2.41 bits per heavy atom. The second kappa shape index (κ2) is 14.3. The van der Waals surface area contributed by atoms with Gasteiger partial charge < -0.3 is 30.5 Å². The summed E-state index contributed by atoms with van der Waals surface area (Å²) >= 11 is 0. The number of hydrogen-bond acceptors (Lipinski definition) is 9. The molecule has 3 heterocycles. The van der Waals surface area contributed by atoms with Gasteiger partial charge in [0.05, 0.1) is 18.3 Å². The summed E-state index contributed by atoms with van der Waals surface area (Å²) in [6, 6.07) is 22.6. The zero-order valence-corrected chi connectivity index (χ0v) is 23.5. The molecule has 4 N–H and O–H groups in total. The normalized spacial score (nSPS) is 14.4. The number of nitrogens with two attached hydrogens (primary N) is 1. The molecule has 1 amide bonds. The standard InChI is InChI=1S/C28H28N6O3.C2HF3O2/c1-36-18-21-8-5-15-34(21)27(35)25-16-23(13-14-30-25)37-22-11-9-20(10-12-22)31-26-17-24(32-28(29)33-26)19-6-3-2-4-7-19;3-2(4,5)1(6)7/h2-4,6-7,9-14,16-17,21H,5,8,15,18H2,1H3,(H3,29,31,32,33);(H,6,7)/t21-;/m0./s1. The Bertz CT molecular complexity index is 1570. The van der Waals surface area contributed by atoms with Crippen LogP contribution in [0.3, 0.4) is 0 Å². The van der Waals surface area contributed by atoms with Crippen LogP contribution in [0.25, 0.3) is 11.3 Å². The molecule has 44 heavy (non-hydrogen) atoms. The van der Waals surface area contributed by atoms with E-state index in [0.29, 0.717) is 36.2 Å². The third-order valence-corrected chi connectivity index (χ3v) is 6.37. The Balaban J connectivity index is 0.000000566. The van der Waals surface area contributed by atoms with Crippen LogP contribution in [0.2, 0.25) is 0 Å². The summed E-state index contributed by atoms with van der Waals surface area (Å²) in [7, 11) is 1.65. The first kappa shape index (κ1) is 31.7. The molecule has 4 aromatic rings. The molecule has 5 rings (SSSR count). The highest BCUT2D eigenvalue weighted by molar-refractivity contribution is 5.93. The van der Waals surface area contributed by atoms with Crippen molar-refractivity contribution in [2.75, 3.05) is 31.3 Å². The first-order valence-electron chi connectivity index (χ1n) is 13.3. The van der Waals surface area contributed by atoms with E-state index in [4.69, 9.17) is 25.1 Å². The molecule has 0 aliphatic carbocycles. The molecule has 1 atom stereocenters. The van der Waals surface area contributed by atoms with E-state index >= 15 is 0 Å². The van der Waals surface area contributed by atoms with Gasteiger partial charge in [0.15, 0.2) is 0 Å². The number of nitrogens with zero attached hydrogens (tertiary/aromatic N) is 4. The molecular formula is C30H29F3N6O5. The highest BCUT2D eigenvalue weighted by atomic mass is 19.4. The topological polar surface area (TPSA) is 153 Å². The minimum absolute atomic E-state index is 0.0814. The van der Waals surface area contributed by atoms with Crippen LogP contribution in [-0.2, 0) is 9.53 Å². The number of alkyl halides is 3. The molecule has 1 saturated heterocycles. The minimum atomic E-state index is -5.08. The summed E-state index contributed by atoms with van der Waals surface area (Å²) in [5.41, 5.74) is 8.80. The van der Waals surface area contributed by atoms with Crippen LogP contribution in [-0.4, -0.2) is 69.3 Å². The Morgan fingerprint density at radius 2 is 1.75 bits per heavy atom. The molecular weight excluding hydrogens is 581 g/mol. The maximum atomic E-state index is 13.0. The molecule has 14 heteroatoms. The fourth-order valence-electron chi connectivity index (χ4n) is 4.38. The number of aliphatic carboxylic acids is 1. The molecule has 1 fully saturated rings. The number of methoxy groups -OCH3 is 1. The molecule has 2 aromatic heterocycles. The van der Waals surface area contributed by atoms with Crippen molar-refractivity contribution in [3.05, 3.63) is 84.7 Å². The van der Waals surface area contributed by atoms with E-state index in [0.717, 1.165) is 29.8 Å². The van der Waals surface area contributed by atoms with E-state index in [1.165, 1.54) is 0 Å². The van der Waals surface area contributed by atoms with Crippen molar-refractivity contribution < 1.29 is 37.3 Å². The van der Waals surface area contributed by atoms with Crippen molar-refractivity contribution in [2.24, 2.45) is 0 Å². The number of hydrogen-bond donors (Lipinski definition) is 3. The van der Waals surface area contributed by atoms with Crippen molar-refractivity contribution in [3.8, 4) is 22.8 Å². The number of carbonyl (C=O) groups excluding carboxylic acids is 1. The number of anilines is 3. The van der Waals surface area contributed by atoms with Gasteiger partial charge in [-0.3, -0.25) is 9.78 Å². The number of nitrogen functional groups attached to an aromatic ring is 1. The van der Waals surface area contributed by atoms with E-state index in [1.807, 2.05) is 65.6 Å². The van der Waals surface area contributed by atoms with Gasteiger partial charge in [0.25, 0.3) is 5.91 Å². The van der Waals surface area contributed by atoms with Crippen LogP contribution < -0.4 is 15.8 Å². The molecule has 0 radical (unpaired) electrons. The number of carboxylic acids is 1. The molecule has 11 nitrogen and oxygen atoms in total. The lowest BCUT2D eigenvalue weighted by atomic mass is 10.1. The summed E-state index contributed by atoms with van der Waals surface area (Å²) in [6.45, 7) is 1.23. The van der Waals surface area contributed by atoms with Gasteiger partial charge in [0, 0.05) is 43.2 Å². The largest absolute Gasteiger partial charge is 0.490 e. The maximum Gasteiger partial charge on any atom is 0.490 e. The predicted octanol–water partition coefficient (Wildman–Crippen LogP) is 5.54. The summed E-state index contributed by atoms with van der Waals surface area (Å²) < 4.78 is 43.0. The molecule has 230 valence electrons. The molecule has 1 aliphatic heterocycles. The average Bonchev–Trinajstić information content (AvgIpc) is 3.46. The van der Waals surface area contributed by atoms with E-state index in [2.05, 4.69) is 20.3 Å². The fourth-order valence-corrected chi connectivity index (χ4v) is 4.38. The first-order valence-corrected chi connectivity index (χ1v) is 13.3. The number of halogens is 3. The van der Waals surface area contributed by atoms with Crippen molar-refractivity contribution in [1.29, 1.82) is 0 Å². The molecule has 1 aliphatic rings. The van der Waals surface area contributed by atoms with Crippen LogP contribution >= 0.6 is 0 Å². The number of likely N-dealkylation sites (tertiary alicyclic amines) is 1. The Hall–Kier alpha value is -5.24. The highest BCUT2D eigenvalue weighted by Gasteiger charge is 2.38. The number of carbonyl (C=O) groups is 2. The van der Waals surface area contributed by atoms with E-state index < -0.39 is 12.1 Å². The van der Waals surface area contributed by atoms with Gasteiger partial charge in [-0.05, 0) is 43.2 Å². The number of pyridine rings is 1. The van der Waals surface area contributed by atoms with Crippen molar-refractivity contribution in [2.45, 2.75) is 25.1 Å². The van der Waals surface area contributed by atoms with Gasteiger partial charge in [-0.15, -0.1) is 0 Å². The van der Waals surface area contributed by atoms with Crippen LogP contribution in [0.1, 0.15) is 23.3 Å². The fraction of sp³-hybridized carbons (Fsp3) is 0.233. The second-order valence-electron chi connectivity index (χ2n) is 9.54. The lowest BCUT2D eigenvalue weighted by Crippen LogP contribution is -2.38. The number of ether oxygens (including phenoxy) is 2. The number of aromatic nitrogens is 3. The Kier molecular flexibility index (Phi) is 10.3. The van der Waals surface area contributed by atoms with Gasteiger partial charge in [0.1, 0.15) is 23.0 Å². The van der Waals surface area contributed by atoms with Crippen molar-refractivity contribution in [1.82, 2.24) is 19.9 Å². The number of rotatable bonds is 8. The molecule has 2 aromatic carbocycles. The zero-order valence-electron chi connectivity index (χ0n) is 23.5. The third kappa shape index (κ3) is 8.64. The van der Waals surface area contributed by atoms with Gasteiger partial charge in [-0.1, -0.05) is 30.3 Å². The first-order chi connectivity index (χ1) is 21.0. The van der Waals surface area contributed by atoms with Crippen LogP contribution in [0.5, 0.6) is 11.5 Å². The molecule has 0 bridgehead atoms. The number of benzene rings is 2. The summed E-state index contributed by atoms with van der Waals surface area (Å²) in [6.07, 6.45) is -1.60. The SMILES string of the molecule is COC[C@@H]1CCCN1C(=O)c1cc(Oc2ccc(Nc3cc(-c4ccccc4)nc(N)n3)cc2)ccn1.O=C(O)C(F)(F)F. The van der Waals surface area contributed by atoms with Crippen LogP contribution in [0.15, 0.2) is 79.0 Å². The zero-order chi connectivity index (χ0) is 31.7. The lowest BCUT2D eigenvalue weighted by molar-refractivity contribution is -0.192. The number of amides is 1. The van der Waals surface area contributed by atoms with Gasteiger partial charge in [0.2, 0.25) is 5.95 Å². The summed E-state index contributed by atoms with van der Waals surface area (Å²) in [4.78, 5) is 36.6. The minimum Gasteiger partial charge on any atom is -0.475 e. The van der Waals surface area contributed by atoms with E-state index in [1.54, 1.807) is 25.4 Å². The second-order valence-corrected chi connectivity index (χ2v) is 9.54. The number of nitrogens with one attached hydrogen (secondary N) is 1. The van der Waals surface area contributed by atoms with E-state index in [9.17, 15) is 18.0 Å². The van der Waals surface area contributed by atoms with E-state index in [-0.39, 0.29) is 17.9 Å². The third-order valence-electron chi connectivity index (χ3n) is 6.37. The van der Waals surface area contributed by atoms with Crippen molar-refractivity contribution in [3.63, 3.8) is 0 Å². The summed E-state index contributed by atoms with van der Waals surface area (Å²) in [5.74, 6) is -0.922. The quantitative estimate of drug-likeness (QED) is 0.232.